The topological polar surface area (TPSA) is 67.9 Å². The standard InChI is InChI=1S/C13H16ClN5/c1-9(2)19(8-10-6-4-3-5-7-10)13-17-11(14)16-12(15)18-13/h3-7,9H,8H2,1-2H3,(H2,15,16,17,18). The number of hydrogen-bond acceptors (Lipinski definition) is 5. The molecule has 1 aromatic heterocycles. The van der Waals surface area contributed by atoms with Crippen LogP contribution in [0.4, 0.5) is 11.9 Å². The summed E-state index contributed by atoms with van der Waals surface area (Å²) >= 11 is 5.83. The van der Waals surface area contributed by atoms with Crippen molar-refractivity contribution >= 4 is 23.5 Å². The van der Waals surface area contributed by atoms with Crippen LogP contribution in [0.25, 0.3) is 0 Å². The van der Waals surface area contributed by atoms with Crippen LogP contribution in [0, 0.1) is 0 Å². The van der Waals surface area contributed by atoms with E-state index in [1.54, 1.807) is 0 Å². The quantitative estimate of drug-likeness (QED) is 0.930. The van der Waals surface area contributed by atoms with Crippen LogP contribution in [0.15, 0.2) is 30.3 Å². The van der Waals surface area contributed by atoms with E-state index >= 15 is 0 Å². The van der Waals surface area contributed by atoms with E-state index in [1.165, 1.54) is 5.56 Å². The lowest BCUT2D eigenvalue weighted by atomic mass is 10.2. The van der Waals surface area contributed by atoms with E-state index in [0.29, 0.717) is 12.5 Å². The summed E-state index contributed by atoms with van der Waals surface area (Å²) in [4.78, 5) is 14.1. The Bertz CT molecular complexity index is 524. The molecule has 2 N–H and O–H groups in total. The lowest BCUT2D eigenvalue weighted by Crippen LogP contribution is -2.32. The van der Waals surface area contributed by atoms with Gasteiger partial charge in [-0.05, 0) is 31.0 Å². The first-order chi connectivity index (χ1) is 9.06. The zero-order valence-electron chi connectivity index (χ0n) is 10.9. The smallest absolute Gasteiger partial charge is 0.231 e. The van der Waals surface area contributed by atoms with E-state index in [4.69, 9.17) is 17.3 Å². The number of hydrogen-bond donors (Lipinski definition) is 1. The maximum Gasteiger partial charge on any atom is 0.231 e. The molecule has 2 rings (SSSR count). The van der Waals surface area contributed by atoms with Crippen molar-refractivity contribution in [3.05, 3.63) is 41.2 Å². The summed E-state index contributed by atoms with van der Waals surface area (Å²) in [7, 11) is 0. The number of rotatable bonds is 4. The summed E-state index contributed by atoms with van der Waals surface area (Å²) in [6.07, 6.45) is 0. The number of nitrogen functional groups attached to an aromatic ring is 1. The molecule has 0 spiro atoms. The van der Waals surface area contributed by atoms with Crippen LogP contribution in [-0.4, -0.2) is 21.0 Å². The van der Waals surface area contributed by atoms with Gasteiger partial charge < -0.3 is 10.6 Å². The average Bonchev–Trinajstić information content (AvgIpc) is 2.35. The van der Waals surface area contributed by atoms with Gasteiger partial charge in [0.05, 0.1) is 0 Å². The number of anilines is 2. The minimum atomic E-state index is 0.112. The molecule has 2 aromatic rings. The molecule has 0 radical (unpaired) electrons. The van der Waals surface area contributed by atoms with Crippen molar-refractivity contribution < 1.29 is 0 Å². The number of aromatic nitrogens is 3. The van der Waals surface area contributed by atoms with Crippen molar-refractivity contribution in [3.8, 4) is 0 Å². The molecular weight excluding hydrogens is 262 g/mol. The summed E-state index contributed by atoms with van der Waals surface area (Å²) in [6.45, 7) is 4.83. The van der Waals surface area contributed by atoms with Gasteiger partial charge in [-0.25, -0.2) is 0 Å². The SMILES string of the molecule is CC(C)N(Cc1ccccc1)c1nc(N)nc(Cl)n1. The van der Waals surface area contributed by atoms with E-state index in [0.717, 1.165) is 0 Å². The molecule has 0 aliphatic carbocycles. The van der Waals surface area contributed by atoms with Gasteiger partial charge in [0.25, 0.3) is 0 Å². The molecule has 0 unspecified atom stereocenters. The van der Waals surface area contributed by atoms with Crippen LogP contribution in [0.1, 0.15) is 19.4 Å². The Hall–Kier alpha value is -1.88. The van der Waals surface area contributed by atoms with Crippen LogP contribution < -0.4 is 10.6 Å². The molecule has 0 aliphatic heterocycles. The number of benzene rings is 1. The summed E-state index contributed by atoms with van der Waals surface area (Å²) in [6, 6.07) is 10.3. The minimum absolute atomic E-state index is 0.112. The first-order valence-electron chi connectivity index (χ1n) is 6.04. The van der Waals surface area contributed by atoms with Gasteiger partial charge in [0.2, 0.25) is 17.2 Å². The van der Waals surface area contributed by atoms with Gasteiger partial charge in [-0.2, -0.15) is 15.0 Å². The van der Waals surface area contributed by atoms with Gasteiger partial charge in [0.15, 0.2) is 0 Å². The molecule has 0 bridgehead atoms. The molecule has 5 nitrogen and oxygen atoms in total. The summed E-state index contributed by atoms with van der Waals surface area (Å²) in [5.41, 5.74) is 6.79. The highest BCUT2D eigenvalue weighted by atomic mass is 35.5. The molecule has 0 aliphatic rings. The zero-order valence-corrected chi connectivity index (χ0v) is 11.7. The van der Waals surface area contributed by atoms with E-state index < -0.39 is 0 Å². The molecule has 19 heavy (non-hydrogen) atoms. The third kappa shape index (κ3) is 3.54. The van der Waals surface area contributed by atoms with Crippen molar-refractivity contribution in [2.24, 2.45) is 0 Å². The van der Waals surface area contributed by atoms with Crippen molar-refractivity contribution in [2.75, 3.05) is 10.6 Å². The maximum atomic E-state index is 5.83. The van der Waals surface area contributed by atoms with Gasteiger partial charge in [-0.1, -0.05) is 30.3 Å². The largest absolute Gasteiger partial charge is 0.368 e. The van der Waals surface area contributed by atoms with E-state index in [2.05, 4.69) is 40.9 Å². The Morgan fingerprint density at radius 3 is 2.42 bits per heavy atom. The Morgan fingerprint density at radius 1 is 1.16 bits per heavy atom. The van der Waals surface area contributed by atoms with Crippen LogP contribution in [0.5, 0.6) is 0 Å². The third-order valence-electron chi connectivity index (χ3n) is 2.69. The molecule has 1 heterocycles. The van der Waals surface area contributed by atoms with Crippen LogP contribution in [0.3, 0.4) is 0 Å². The van der Waals surface area contributed by atoms with E-state index in [1.807, 2.05) is 23.1 Å². The van der Waals surface area contributed by atoms with Crippen LogP contribution in [-0.2, 0) is 6.54 Å². The molecule has 100 valence electrons. The van der Waals surface area contributed by atoms with Gasteiger partial charge in [0, 0.05) is 12.6 Å². The second-order valence-corrected chi connectivity index (χ2v) is 4.81. The Labute approximate surface area is 117 Å². The highest BCUT2D eigenvalue weighted by molar-refractivity contribution is 6.28. The summed E-state index contributed by atoms with van der Waals surface area (Å²) in [5, 5.41) is 0.112. The molecule has 0 atom stereocenters. The minimum Gasteiger partial charge on any atom is -0.368 e. The first-order valence-corrected chi connectivity index (χ1v) is 6.41. The fourth-order valence-electron chi connectivity index (χ4n) is 1.75. The van der Waals surface area contributed by atoms with Crippen LogP contribution >= 0.6 is 11.6 Å². The van der Waals surface area contributed by atoms with Gasteiger partial charge in [0.1, 0.15) is 0 Å². The van der Waals surface area contributed by atoms with E-state index in [-0.39, 0.29) is 17.3 Å². The monoisotopic (exact) mass is 277 g/mol. The molecule has 0 amide bonds. The average molecular weight is 278 g/mol. The molecule has 0 saturated carbocycles. The molecular formula is C13H16ClN5. The van der Waals surface area contributed by atoms with Crippen LogP contribution in [0.2, 0.25) is 5.28 Å². The lowest BCUT2D eigenvalue weighted by molar-refractivity contribution is 0.659. The first kappa shape index (κ1) is 13.5. The van der Waals surface area contributed by atoms with Crippen molar-refractivity contribution in [3.63, 3.8) is 0 Å². The normalized spacial score (nSPS) is 10.7. The van der Waals surface area contributed by atoms with Crippen molar-refractivity contribution in [2.45, 2.75) is 26.4 Å². The second-order valence-electron chi connectivity index (χ2n) is 4.47. The Kier molecular flexibility index (Phi) is 4.16. The number of nitrogens with zero attached hydrogens (tertiary/aromatic N) is 4. The fourth-order valence-corrected chi connectivity index (χ4v) is 1.91. The predicted molar refractivity (Wildman–Crippen MR) is 77.0 cm³/mol. The van der Waals surface area contributed by atoms with E-state index in [9.17, 15) is 0 Å². The highest BCUT2D eigenvalue weighted by Crippen LogP contribution is 2.17. The van der Waals surface area contributed by atoms with Crippen molar-refractivity contribution in [1.29, 1.82) is 0 Å². The Morgan fingerprint density at radius 2 is 1.84 bits per heavy atom. The molecule has 0 saturated heterocycles. The number of nitrogens with two attached hydrogens (primary N) is 1. The molecule has 6 heteroatoms. The Balaban J connectivity index is 2.30. The molecule has 0 fully saturated rings. The second kappa shape index (κ2) is 5.84. The predicted octanol–water partition coefficient (Wildman–Crippen LogP) is 2.52. The maximum absolute atomic E-state index is 5.83. The van der Waals surface area contributed by atoms with Gasteiger partial charge in [-0.15, -0.1) is 0 Å². The van der Waals surface area contributed by atoms with Crippen molar-refractivity contribution in [1.82, 2.24) is 15.0 Å². The number of halogens is 1. The zero-order chi connectivity index (χ0) is 13.8. The lowest BCUT2D eigenvalue weighted by Gasteiger charge is -2.26. The van der Waals surface area contributed by atoms with Gasteiger partial charge >= 0.3 is 0 Å². The molecule has 1 aromatic carbocycles. The summed E-state index contributed by atoms with van der Waals surface area (Å²) in [5.74, 6) is 0.630. The fraction of sp³-hybridized carbons (Fsp3) is 0.308. The van der Waals surface area contributed by atoms with Gasteiger partial charge in [-0.3, -0.25) is 0 Å². The summed E-state index contributed by atoms with van der Waals surface area (Å²) < 4.78 is 0. The highest BCUT2D eigenvalue weighted by Gasteiger charge is 2.15. The third-order valence-corrected chi connectivity index (χ3v) is 2.86.